The summed E-state index contributed by atoms with van der Waals surface area (Å²) in [5, 5.41) is 11.9. The monoisotopic (exact) mass is 396 g/mol. The Hall–Kier alpha value is -0.960. The van der Waals surface area contributed by atoms with Crippen LogP contribution in [-0.4, -0.2) is 24.6 Å². The van der Waals surface area contributed by atoms with Crippen LogP contribution in [0.3, 0.4) is 0 Å². The first kappa shape index (κ1) is 23.1. The van der Waals surface area contributed by atoms with E-state index in [2.05, 4.69) is 4.74 Å². The maximum atomic E-state index is 13.0. The quantitative estimate of drug-likeness (QED) is 0.392. The topological polar surface area (TPSA) is 66.4 Å². The maximum Gasteiger partial charge on any atom is 1.00 e. The van der Waals surface area contributed by atoms with E-state index in [1.807, 2.05) is 0 Å². The number of ketones is 1. The molecule has 0 aromatic heterocycles. The number of thioether (sulfide) groups is 1. The van der Waals surface area contributed by atoms with Gasteiger partial charge in [0.2, 0.25) is 0 Å². The first-order valence-corrected chi connectivity index (χ1v) is 8.51. The van der Waals surface area contributed by atoms with Crippen molar-refractivity contribution in [2.24, 2.45) is 11.8 Å². The van der Waals surface area contributed by atoms with Crippen LogP contribution < -0.4 is 34.7 Å². The second-order valence-electron chi connectivity index (χ2n) is 5.61. The minimum Gasteiger partial charge on any atom is -0.875 e. The molecule has 0 spiro atoms. The van der Waals surface area contributed by atoms with Crippen molar-refractivity contribution < 1.29 is 62.2 Å². The second-order valence-corrected chi connectivity index (χ2v) is 6.75. The number of carbonyl (C=O) groups excluding carboxylic acids is 2. The zero-order chi connectivity index (χ0) is 18.6. The Labute approximate surface area is 175 Å². The summed E-state index contributed by atoms with van der Waals surface area (Å²) in [5.74, 6) is -3.10. The first-order valence-electron chi connectivity index (χ1n) is 7.52. The Balaban J connectivity index is 0.00000338. The number of rotatable bonds is 5. The number of halogens is 3. The Kier molecular flexibility index (Phi) is 8.72. The molecule has 0 N–H and O–H groups in total. The molecule has 1 aromatic carbocycles. The number of carbonyl (C=O) groups is 2. The van der Waals surface area contributed by atoms with Crippen LogP contribution in [0, 0.1) is 11.8 Å². The van der Waals surface area contributed by atoms with E-state index in [0.717, 1.165) is 31.0 Å². The summed E-state index contributed by atoms with van der Waals surface area (Å²) in [6.45, 7) is 0. The third-order valence-corrected chi connectivity index (χ3v) is 5.05. The average Bonchev–Trinajstić information content (AvgIpc) is 2.53. The van der Waals surface area contributed by atoms with Gasteiger partial charge in [0.1, 0.15) is 0 Å². The average molecular weight is 396 g/mol. The molecule has 0 aliphatic heterocycles. The zero-order valence-corrected chi connectivity index (χ0v) is 17.2. The second kappa shape index (κ2) is 9.82. The number of hydrogen-bond acceptors (Lipinski definition) is 5. The Bertz CT molecular complexity index is 691. The molecule has 26 heavy (non-hydrogen) atoms. The van der Waals surface area contributed by atoms with Crippen molar-refractivity contribution in [3.8, 4) is 0 Å². The van der Waals surface area contributed by atoms with Gasteiger partial charge in [-0.2, -0.15) is 13.2 Å². The van der Waals surface area contributed by atoms with Crippen LogP contribution in [0.5, 0.6) is 0 Å². The van der Waals surface area contributed by atoms with Crippen LogP contribution in [0.25, 0.3) is 0 Å². The fourth-order valence-electron chi connectivity index (χ4n) is 2.77. The third-order valence-electron chi connectivity index (χ3n) is 3.94. The number of benzene rings is 1. The number of hydrogen-bond donors (Lipinski definition) is 0. The van der Waals surface area contributed by atoms with Gasteiger partial charge < -0.3 is 9.84 Å². The molecule has 9 heteroatoms. The molecule has 2 rings (SSSR count). The van der Waals surface area contributed by atoms with Crippen molar-refractivity contribution in [1.82, 2.24) is 0 Å². The summed E-state index contributed by atoms with van der Waals surface area (Å²) >= 11 is 0.986. The summed E-state index contributed by atoms with van der Waals surface area (Å²) in [5.41, 5.74) is -0.728. The van der Waals surface area contributed by atoms with Crippen molar-refractivity contribution >= 4 is 23.5 Å². The van der Waals surface area contributed by atoms with Crippen molar-refractivity contribution in [1.29, 1.82) is 0 Å². The molecule has 0 bridgehead atoms. The molecule has 1 aliphatic rings. The van der Waals surface area contributed by atoms with E-state index >= 15 is 0 Å². The summed E-state index contributed by atoms with van der Waals surface area (Å²) in [7, 11) is 1.15. The van der Waals surface area contributed by atoms with Gasteiger partial charge in [-0.3, -0.25) is 9.59 Å². The van der Waals surface area contributed by atoms with E-state index in [-0.39, 0.29) is 58.8 Å². The zero-order valence-electron chi connectivity index (χ0n) is 14.3. The van der Waals surface area contributed by atoms with Gasteiger partial charge in [0.05, 0.1) is 18.6 Å². The van der Waals surface area contributed by atoms with E-state index in [1.165, 1.54) is 18.2 Å². The maximum absolute atomic E-state index is 13.0. The number of methoxy groups -OCH3 is 1. The summed E-state index contributed by atoms with van der Waals surface area (Å²) in [6, 6.07) is 5.20. The predicted molar refractivity (Wildman–Crippen MR) is 83.5 cm³/mol. The van der Waals surface area contributed by atoms with Gasteiger partial charge >= 0.3 is 41.7 Å². The van der Waals surface area contributed by atoms with Gasteiger partial charge in [-0.25, -0.2) is 0 Å². The van der Waals surface area contributed by atoms with Crippen LogP contribution in [0.2, 0.25) is 0 Å². The van der Waals surface area contributed by atoms with E-state index < -0.39 is 35.3 Å². The minimum absolute atomic E-state index is 0. The van der Waals surface area contributed by atoms with Crippen molar-refractivity contribution in [3.05, 3.63) is 41.7 Å². The molecule has 1 aromatic rings. The van der Waals surface area contributed by atoms with Gasteiger partial charge in [-0.15, -0.1) is 17.5 Å². The number of ether oxygens (including phenoxy) is 1. The molecule has 0 amide bonds. The SMILES string of the molecule is COC(=O)C1C([O-])=CC(=O)CC1CCSc1ccccc1C(F)(F)F.[Na+]. The molecule has 2 unspecified atom stereocenters. The van der Waals surface area contributed by atoms with Gasteiger partial charge in [0.25, 0.3) is 0 Å². The molecule has 0 radical (unpaired) electrons. The minimum atomic E-state index is -4.45. The molecule has 2 atom stereocenters. The van der Waals surface area contributed by atoms with Crippen LogP contribution in [0.1, 0.15) is 18.4 Å². The molecule has 0 heterocycles. The van der Waals surface area contributed by atoms with Gasteiger partial charge in [0, 0.05) is 11.3 Å². The largest absolute Gasteiger partial charge is 1.00 e. The summed E-state index contributed by atoms with van der Waals surface area (Å²) in [6.07, 6.45) is -3.30. The van der Waals surface area contributed by atoms with Crippen molar-refractivity contribution in [3.63, 3.8) is 0 Å². The van der Waals surface area contributed by atoms with Crippen LogP contribution >= 0.6 is 11.8 Å². The normalized spacial score (nSPS) is 20.2. The summed E-state index contributed by atoms with van der Waals surface area (Å²) in [4.78, 5) is 23.4. The molecule has 0 saturated heterocycles. The fraction of sp³-hybridized carbons (Fsp3) is 0.412. The van der Waals surface area contributed by atoms with Crippen molar-refractivity contribution in [2.45, 2.75) is 23.9 Å². The Morgan fingerprint density at radius 1 is 1.35 bits per heavy atom. The smallest absolute Gasteiger partial charge is 0.875 e. The van der Waals surface area contributed by atoms with Crippen LogP contribution in [0.4, 0.5) is 13.2 Å². The molecule has 0 saturated carbocycles. The van der Waals surface area contributed by atoms with Crippen LogP contribution in [0.15, 0.2) is 41.0 Å². The molecular formula is C17H16F3NaO4S. The molecule has 4 nitrogen and oxygen atoms in total. The van der Waals surface area contributed by atoms with Crippen LogP contribution in [-0.2, 0) is 20.5 Å². The number of alkyl halides is 3. The molecule has 1 aliphatic carbocycles. The molecular weight excluding hydrogens is 380 g/mol. The van der Waals surface area contributed by atoms with Gasteiger partial charge in [-0.1, -0.05) is 12.1 Å². The van der Waals surface area contributed by atoms with E-state index in [4.69, 9.17) is 0 Å². The predicted octanol–water partition coefficient (Wildman–Crippen LogP) is -0.186. The van der Waals surface area contributed by atoms with E-state index in [0.29, 0.717) is 0 Å². The van der Waals surface area contributed by atoms with Crippen molar-refractivity contribution in [2.75, 3.05) is 12.9 Å². The molecule has 0 fully saturated rings. The van der Waals surface area contributed by atoms with Gasteiger partial charge in [0.15, 0.2) is 5.78 Å². The first-order chi connectivity index (χ1) is 11.7. The van der Waals surface area contributed by atoms with E-state index in [9.17, 15) is 27.9 Å². The summed E-state index contributed by atoms with van der Waals surface area (Å²) < 4.78 is 43.5. The number of esters is 1. The molecule has 136 valence electrons. The van der Waals surface area contributed by atoms with E-state index in [1.54, 1.807) is 0 Å². The third kappa shape index (κ3) is 5.77. The number of allylic oxidation sites excluding steroid dienone is 1. The Morgan fingerprint density at radius 3 is 2.62 bits per heavy atom. The fourth-order valence-corrected chi connectivity index (χ4v) is 3.92. The standard InChI is InChI=1S/C17H17F3O4S.Na/c1-24-16(23)15-10(8-11(21)9-13(15)22)6-7-25-14-5-3-2-4-12(14)17(18,19)20;/h2-5,9-10,15,22H,6-8H2,1H3;/q;+1/p-1. The van der Waals surface area contributed by atoms with Gasteiger partial charge in [-0.05, 0) is 36.3 Å². The Morgan fingerprint density at radius 2 is 2.00 bits per heavy atom.